The fourth-order valence-electron chi connectivity index (χ4n) is 1.95. The maximum Gasteiger partial charge on any atom is 0.0766 e. The Bertz CT molecular complexity index is 481. The molecule has 0 aliphatic rings. The number of ether oxygens (including phenoxy) is 1. The van der Waals surface area contributed by atoms with Crippen molar-refractivity contribution in [1.29, 1.82) is 0 Å². The van der Waals surface area contributed by atoms with Crippen molar-refractivity contribution in [3.63, 3.8) is 0 Å². The molecule has 0 saturated heterocycles. The Morgan fingerprint density at radius 1 is 1.26 bits per heavy atom. The monoisotopic (exact) mass is 259 g/mol. The van der Waals surface area contributed by atoms with Crippen LogP contribution in [-0.4, -0.2) is 29.5 Å². The smallest absolute Gasteiger partial charge is 0.0766 e. The number of aromatic nitrogens is 2. The molecule has 4 heteroatoms. The summed E-state index contributed by atoms with van der Waals surface area (Å²) < 4.78 is 7.07. The summed E-state index contributed by atoms with van der Waals surface area (Å²) in [7, 11) is 1.73. The van der Waals surface area contributed by atoms with Gasteiger partial charge >= 0.3 is 0 Å². The van der Waals surface area contributed by atoms with Gasteiger partial charge in [-0.1, -0.05) is 25.1 Å². The van der Waals surface area contributed by atoms with E-state index in [1.807, 2.05) is 47.3 Å². The lowest BCUT2D eigenvalue weighted by atomic mass is 10.2. The van der Waals surface area contributed by atoms with Crippen molar-refractivity contribution >= 4 is 0 Å². The molecule has 0 spiro atoms. The number of methoxy groups -OCH3 is 1. The van der Waals surface area contributed by atoms with Gasteiger partial charge < -0.3 is 10.1 Å². The number of hydrogen-bond acceptors (Lipinski definition) is 3. The highest BCUT2D eigenvalue weighted by Gasteiger charge is 2.06. The SMILES string of the molecule is CCC(COC)NCc1ccn(-c2ccccc2)n1. The van der Waals surface area contributed by atoms with Gasteiger partial charge in [-0.25, -0.2) is 4.68 Å². The van der Waals surface area contributed by atoms with E-state index >= 15 is 0 Å². The van der Waals surface area contributed by atoms with Crippen molar-refractivity contribution in [3.8, 4) is 5.69 Å². The van der Waals surface area contributed by atoms with Crippen LogP contribution in [0.4, 0.5) is 0 Å². The molecule has 0 fully saturated rings. The van der Waals surface area contributed by atoms with Crippen LogP contribution in [0, 0.1) is 0 Å². The number of benzene rings is 1. The summed E-state index contributed by atoms with van der Waals surface area (Å²) in [5.41, 5.74) is 2.12. The number of para-hydroxylation sites is 1. The third kappa shape index (κ3) is 3.91. The second kappa shape index (κ2) is 7.07. The molecular weight excluding hydrogens is 238 g/mol. The Morgan fingerprint density at radius 2 is 2.05 bits per heavy atom. The highest BCUT2D eigenvalue weighted by Crippen LogP contribution is 2.07. The lowest BCUT2D eigenvalue weighted by molar-refractivity contribution is 0.163. The third-order valence-corrected chi connectivity index (χ3v) is 3.10. The summed E-state index contributed by atoms with van der Waals surface area (Å²) >= 11 is 0. The zero-order valence-corrected chi connectivity index (χ0v) is 11.5. The molecule has 4 nitrogen and oxygen atoms in total. The molecule has 19 heavy (non-hydrogen) atoms. The molecule has 1 unspecified atom stereocenters. The van der Waals surface area contributed by atoms with Crippen molar-refractivity contribution in [2.75, 3.05) is 13.7 Å². The maximum absolute atomic E-state index is 5.17. The van der Waals surface area contributed by atoms with E-state index < -0.39 is 0 Å². The lowest BCUT2D eigenvalue weighted by Gasteiger charge is -2.14. The van der Waals surface area contributed by atoms with Crippen LogP contribution in [0.5, 0.6) is 0 Å². The summed E-state index contributed by atoms with van der Waals surface area (Å²) in [5.74, 6) is 0. The van der Waals surface area contributed by atoms with E-state index in [9.17, 15) is 0 Å². The summed E-state index contributed by atoms with van der Waals surface area (Å²) in [6.07, 6.45) is 3.04. The van der Waals surface area contributed by atoms with Crippen molar-refractivity contribution in [2.24, 2.45) is 0 Å². The molecule has 1 N–H and O–H groups in total. The molecule has 0 radical (unpaired) electrons. The Hall–Kier alpha value is -1.65. The van der Waals surface area contributed by atoms with Crippen molar-refractivity contribution < 1.29 is 4.74 Å². The van der Waals surface area contributed by atoms with Gasteiger partial charge in [0.1, 0.15) is 0 Å². The Morgan fingerprint density at radius 3 is 2.74 bits per heavy atom. The summed E-state index contributed by atoms with van der Waals surface area (Å²) in [6, 6.07) is 12.5. The molecule has 1 aromatic heterocycles. The molecule has 102 valence electrons. The van der Waals surface area contributed by atoms with Crippen molar-refractivity contribution in [2.45, 2.75) is 25.9 Å². The van der Waals surface area contributed by atoms with Crippen LogP contribution >= 0.6 is 0 Å². The molecule has 2 aromatic rings. The molecule has 0 aliphatic carbocycles. The van der Waals surface area contributed by atoms with Crippen LogP contribution in [0.1, 0.15) is 19.0 Å². The largest absolute Gasteiger partial charge is 0.383 e. The van der Waals surface area contributed by atoms with Crippen LogP contribution in [-0.2, 0) is 11.3 Å². The molecule has 1 aromatic carbocycles. The predicted octanol–water partition coefficient (Wildman–Crippen LogP) is 2.39. The van der Waals surface area contributed by atoms with Gasteiger partial charge in [0.15, 0.2) is 0 Å². The minimum absolute atomic E-state index is 0.381. The quantitative estimate of drug-likeness (QED) is 0.830. The number of rotatable bonds is 7. The van der Waals surface area contributed by atoms with Crippen molar-refractivity contribution in [1.82, 2.24) is 15.1 Å². The van der Waals surface area contributed by atoms with E-state index in [4.69, 9.17) is 4.74 Å². The van der Waals surface area contributed by atoms with Crippen LogP contribution in [0.3, 0.4) is 0 Å². The van der Waals surface area contributed by atoms with Gasteiger partial charge in [0, 0.05) is 25.9 Å². The van der Waals surface area contributed by atoms with E-state index in [1.54, 1.807) is 7.11 Å². The Labute approximate surface area is 114 Å². The summed E-state index contributed by atoms with van der Waals surface area (Å²) in [5, 5.41) is 8.01. The zero-order valence-electron chi connectivity index (χ0n) is 11.5. The van der Waals surface area contributed by atoms with E-state index in [-0.39, 0.29) is 0 Å². The van der Waals surface area contributed by atoms with Crippen molar-refractivity contribution in [3.05, 3.63) is 48.3 Å². The van der Waals surface area contributed by atoms with E-state index in [0.29, 0.717) is 6.04 Å². The molecular formula is C15H21N3O. The predicted molar refractivity (Wildman–Crippen MR) is 76.4 cm³/mol. The van der Waals surface area contributed by atoms with Crippen LogP contribution < -0.4 is 5.32 Å². The van der Waals surface area contributed by atoms with Gasteiger partial charge in [0.25, 0.3) is 0 Å². The van der Waals surface area contributed by atoms with E-state index in [0.717, 1.165) is 31.0 Å². The first-order chi connectivity index (χ1) is 9.33. The average molecular weight is 259 g/mol. The highest BCUT2D eigenvalue weighted by atomic mass is 16.5. The molecule has 0 amide bonds. The number of nitrogens with one attached hydrogen (secondary N) is 1. The van der Waals surface area contributed by atoms with Gasteiger partial charge in [0.2, 0.25) is 0 Å². The van der Waals surface area contributed by atoms with Gasteiger partial charge in [-0.05, 0) is 24.6 Å². The normalized spacial score (nSPS) is 12.5. The Kier molecular flexibility index (Phi) is 5.12. The molecule has 1 heterocycles. The molecule has 0 bridgehead atoms. The minimum Gasteiger partial charge on any atom is -0.383 e. The summed E-state index contributed by atoms with van der Waals surface area (Å²) in [4.78, 5) is 0. The van der Waals surface area contributed by atoms with Gasteiger partial charge in [-0.15, -0.1) is 0 Å². The standard InChI is InChI=1S/C15H21N3O/c1-3-13(12-19-2)16-11-14-9-10-18(17-14)15-7-5-4-6-8-15/h4-10,13,16H,3,11-12H2,1-2H3. The van der Waals surface area contributed by atoms with Gasteiger partial charge in [-0.3, -0.25) is 0 Å². The number of hydrogen-bond donors (Lipinski definition) is 1. The molecule has 0 aliphatic heterocycles. The molecule has 2 rings (SSSR count). The second-order valence-corrected chi connectivity index (χ2v) is 4.53. The first-order valence-corrected chi connectivity index (χ1v) is 6.65. The fourth-order valence-corrected chi connectivity index (χ4v) is 1.95. The molecule has 0 saturated carbocycles. The minimum atomic E-state index is 0.381. The number of nitrogens with zero attached hydrogens (tertiary/aromatic N) is 2. The lowest BCUT2D eigenvalue weighted by Crippen LogP contribution is -2.32. The van der Waals surface area contributed by atoms with Gasteiger partial charge in [0.05, 0.1) is 18.0 Å². The maximum atomic E-state index is 5.17. The highest BCUT2D eigenvalue weighted by molar-refractivity contribution is 5.30. The zero-order chi connectivity index (χ0) is 13.5. The van der Waals surface area contributed by atoms with Crippen LogP contribution in [0.2, 0.25) is 0 Å². The molecule has 1 atom stereocenters. The first-order valence-electron chi connectivity index (χ1n) is 6.65. The van der Waals surface area contributed by atoms with Gasteiger partial charge in [-0.2, -0.15) is 5.10 Å². The van der Waals surface area contributed by atoms with E-state index in [1.165, 1.54) is 0 Å². The topological polar surface area (TPSA) is 39.1 Å². The van der Waals surface area contributed by atoms with Crippen LogP contribution in [0.15, 0.2) is 42.6 Å². The van der Waals surface area contributed by atoms with E-state index in [2.05, 4.69) is 17.3 Å². The second-order valence-electron chi connectivity index (χ2n) is 4.53. The average Bonchev–Trinajstić information content (AvgIpc) is 2.93. The first kappa shape index (κ1) is 13.8. The third-order valence-electron chi connectivity index (χ3n) is 3.10. The Balaban J connectivity index is 1.94. The van der Waals surface area contributed by atoms with Crippen LogP contribution in [0.25, 0.3) is 5.69 Å². The summed E-state index contributed by atoms with van der Waals surface area (Å²) in [6.45, 7) is 3.65. The fraction of sp³-hybridized carbons (Fsp3) is 0.400.